The maximum Gasteiger partial charge on any atom is 0.0746 e. The lowest BCUT2D eigenvalue weighted by molar-refractivity contribution is 1.22. The number of hydrogen-bond donors (Lipinski definition) is 0. The Bertz CT molecular complexity index is 523. The third kappa shape index (κ3) is 2.34. The number of rotatable bonds is 2. The molecule has 0 spiro atoms. The van der Waals surface area contributed by atoms with Crippen molar-refractivity contribution in [2.75, 3.05) is 0 Å². The van der Waals surface area contributed by atoms with Crippen molar-refractivity contribution in [2.24, 2.45) is 0 Å². The van der Waals surface area contributed by atoms with Gasteiger partial charge in [0, 0.05) is 17.6 Å². The van der Waals surface area contributed by atoms with Gasteiger partial charge in [-0.15, -0.1) is 11.6 Å². The monoisotopic (exact) mass is 245 g/mol. The number of alkyl halides is 1. The molecular weight excluding hydrogens is 230 g/mol. The van der Waals surface area contributed by atoms with Crippen LogP contribution in [-0.4, -0.2) is 4.98 Å². The molecular formula is C15H16ClN. The summed E-state index contributed by atoms with van der Waals surface area (Å²) in [7, 11) is 0. The van der Waals surface area contributed by atoms with Gasteiger partial charge in [-0.3, -0.25) is 4.98 Å². The molecule has 0 radical (unpaired) electrons. The van der Waals surface area contributed by atoms with Crippen molar-refractivity contribution in [1.82, 2.24) is 4.98 Å². The highest BCUT2D eigenvalue weighted by atomic mass is 35.5. The first-order valence-corrected chi connectivity index (χ1v) is 6.25. The summed E-state index contributed by atoms with van der Waals surface area (Å²) in [5.74, 6) is 0.495. The zero-order valence-electron chi connectivity index (χ0n) is 10.4. The molecule has 0 saturated carbocycles. The predicted molar refractivity (Wildman–Crippen MR) is 73.4 cm³/mol. The molecule has 0 aliphatic heterocycles. The van der Waals surface area contributed by atoms with Crippen LogP contribution in [0.3, 0.4) is 0 Å². The number of aryl methyl sites for hydroxylation is 2. The van der Waals surface area contributed by atoms with Crippen molar-refractivity contribution >= 4 is 11.6 Å². The lowest BCUT2D eigenvalue weighted by atomic mass is 9.97. The van der Waals surface area contributed by atoms with Crippen molar-refractivity contribution in [2.45, 2.75) is 26.7 Å². The molecule has 2 aromatic rings. The summed E-state index contributed by atoms with van der Waals surface area (Å²) < 4.78 is 0. The van der Waals surface area contributed by atoms with E-state index in [9.17, 15) is 0 Å². The fraction of sp³-hybridized carbons (Fsp3) is 0.267. The van der Waals surface area contributed by atoms with E-state index in [-0.39, 0.29) is 0 Å². The maximum absolute atomic E-state index is 5.95. The van der Waals surface area contributed by atoms with E-state index in [0.29, 0.717) is 5.88 Å². The van der Waals surface area contributed by atoms with Crippen LogP contribution in [0.15, 0.2) is 30.5 Å². The molecule has 1 nitrogen and oxygen atoms in total. The van der Waals surface area contributed by atoms with E-state index in [1.807, 2.05) is 18.3 Å². The van der Waals surface area contributed by atoms with Crippen LogP contribution in [0.4, 0.5) is 0 Å². The Labute approximate surface area is 107 Å². The minimum absolute atomic E-state index is 0.495. The van der Waals surface area contributed by atoms with Gasteiger partial charge >= 0.3 is 0 Å². The summed E-state index contributed by atoms with van der Waals surface area (Å²) in [4.78, 5) is 4.45. The van der Waals surface area contributed by atoms with Gasteiger partial charge in [-0.1, -0.05) is 6.07 Å². The average Bonchev–Trinajstić information content (AvgIpc) is 2.35. The van der Waals surface area contributed by atoms with E-state index >= 15 is 0 Å². The van der Waals surface area contributed by atoms with E-state index in [4.69, 9.17) is 11.6 Å². The number of benzene rings is 1. The third-order valence-electron chi connectivity index (χ3n) is 3.24. The van der Waals surface area contributed by atoms with Gasteiger partial charge in [0.2, 0.25) is 0 Å². The highest BCUT2D eigenvalue weighted by Crippen LogP contribution is 2.26. The second-order valence-electron chi connectivity index (χ2n) is 4.38. The van der Waals surface area contributed by atoms with Crippen LogP contribution in [0.2, 0.25) is 0 Å². The Morgan fingerprint density at radius 3 is 2.35 bits per heavy atom. The first-order valence-electron chi connectivity index (χ1n) is 5.71. The van der Waals surface area contributed by atoms with Crippen LogP contribution in [0.25, 0.3) is 11.3 Å². The molecule has 1 heterocycles. The summed E-state index contributed by atoms with van der Waals surface area (Å²) in [6.45, 7) is 6.42. The molecule has 1 aromatic heterocycles. The molecule has 0 aliphatic rings. The highest BCUT2D eigenvalue weighted by Gasteiger charge is 2.08. The topological polar surface area (TPSA) is 12.9 Å². The van der Waals surface area contributed by atoms with E-state index in [2.05, 4.69) is 37.9 Å². The third-order valence-corrected chi connectivity index (χ3v) is 3.52. The Balaban J connectivity index is 2.61. The summed E-state index contributed by atoms with van der Waals surface area (Å²) in [5, 5.41) is 0. The maximum atomic E-state index is 5.95. The molecule has 1 aromatic carbocycles. The Kier molecular flexibility index (Phi) is 3.49. The normalized spacial score (nSPS) is 10.6. The van der Waals surface area contributed by atoms with Crippen molar-refractivity contribution in [3.05, 3.63) is 52.7 Å². The van der Waals surface area contributed by atoms with Gasteiger partial charge in [-0.25, -0.2) is 0 Å². The fourth-order valence-electron chi connectivity index (χ4n) is 1.98. The molecule has 88 valence electrons. The first kappa shape index (κ1) is 12.1. The van der Waals surface area contributed by atoms with Gasteiger partial charge in [-0.05, 0) is 61.2 Å². The smallest absolute Gasteiger partial charge is 0.0746 e. The molecule has 2 heteroatoms. The molecule has 0 fully saturated rings. The SMILES string of the molecule is Cc1cc(-c2ncccc2CCl)cc(C)c1C. The quantitative estimate of drug-likeness (QED) is 0.714. The average molecular weight is 246 g/mol. The molecule has 0 saturated heterocycles. The van der Waals surface area contributed by atoms with E-state index in [0.717, 1.165) is 16.8 Å². The lowest BCUT2D eigenvalue weighted by Crippen LogP contribution is -1.93. The minimum Gasteiger partial charge on any atom is -0.256 e. The molecule has 0 atom stereocenters. The lowest BCUT2D eigenvalue weighted by Gasteiger charge is -2.11. The zero-order valence-corrected chi connectivity index (χ0v) is 11.2. The Morgan fingerprint density at radius 1 is 1.12 bits per heavy atom. The zero-order chi connectivity index (χ0) is 12.4. The summed E-state index contributed by atoms with van der Waals surface area (Å²) in [6, 6.07) is 8.32. The van der Waals surface area contributed by atoms with Crippen molar-refractivity contribution in [3.8, 4) is 11.3 Å². The molecule has 17 heavy (non-hydrogen) atoms. The van der Waals surface area contributed by atoms with Crippen molar-refractivity contribution < 1.29 is 0 Å². The number of hydrogen-bond acceptors (Lipinski definition) is 1. The number of halogens is 1. The second-order valence-corrected chi connectivity index (χ2v) is 4.65. The standard InChI is InChI=1S/C15H16ClN/c1-10-7-14(8-11(2)12(10)3)15-13(9-16)5-4-6-17-15/h4-8H,9H2,1-3H3. The highest BCUT2D eigenvalue weighted by molar-refractivity contribution is 6.17. The van der Waals surface area contributed by atoms with Gasteiger partial charge in [0.15, 0.2) is 0 Å². The fourth-order valence-corrected chi connectivity index (χ4v) is 2.19. The van der Waals surface area contributed by atoms with Crippen LogP contribution in [0.1, 0.15) is 22.3 Å². The summed E-state index contributed by atoms with van der Waals surface area (Å²) in [6.07, 6.45) is 1.82. The van der Waals surface area contributed by atoms with Gasteiger partial charge in [-0.2, -0.15) is 0 Å². The second kappa shape index (κ2) is 4.89. The number of pyridine rings is 1. The van der Waals surface area contributed by atoms with E-state index in [1.54, 1.807) is 0 Å². The molecule has 0 unspecified atom stereocenters. The van der Waals surface area contributed by atoms with Crippen molar-refractivity contribution in [3.63, 3.8) is 0 Å². The van der Waals surface area contributed by atoms with Gasteiger partial charge in [0.1, 0.15) is 0 Å². The van der Waals surface area contributed by atoms with Gasteiger partial charge in [0.25, 0.3) is 0 Å². The van der Waals surface area contributed by atoms with Crippen LogP contribution >= 0.6 is 11.6 Å². The molecule has 0 aliphatic carbocycles. The minimum atomic E-state index is 0.495. The van der Waals surface area contributed by atoms with E-state index < -0.39 is 0 Å². The molecule has 0 N–H and O–H groups in total. The first-order chi connectivity index (χ1) is 8.13. The van der Waals surface area contributed by atoms with Gasteiger partial charge in [0.05, 0.1) is 5.69 Å². The number of nitrogens with zero attached hydrogens (tertiary/aromatic N) is 1. The number of aromatic nitrogens is 1. The predicted octanol–water partition coefficient (Wildman–Crippen LogP) is 4.41. The van der Waals surface area contributed by atoms with Crippen LogP contribution in [0, 0.1) is 20.8 Å². The van der Waals surface area contributed by atoms with Crippen molar-refractivity contribution in [1.29, 1.82) is 0 Å². The largest absolute Gasteiger partial charge is 0.256 e. The van der Waals surface area contributed by atoms with E-state index in [1.165, 1.54) is 16.7 Å². The van der Waals surface area contributed by atoms with Crippen LogP contribution in [0.5, 0.6) is 0 Å². The van der Waals surface area contributed by atoms with Crippen LogP contribution < -0.4 is 0 Å². The molecule has 2 rings (SSSR count). The molecule has 0 bridgehead atoms. The van der Waals surface area contributed by atoms with Gasteiger partial charge < -0.3 is 0 Å². The summed E-state index contributed by atoms with van der Waals surface area (Å²) >= 11 is 5.95. The Morgan fingerprint density at radius 2 is 1.76 bits per heavy atom. The Hall–Kier alpha value is -1.34. The van der Waals surface area contributed by atoms with Crippen LogP contribution in [-0.2, 0) is 5.88 Å². The molecule has 0 amide bonds. The summed E-state index contributed by atoms with van der Waals surface area (Å²) in [5.41, 5.74) is 7.17.